The first kappa shape index (κ1) is 19.1. The summed E-state index contributed by atoms with van der Waals surface area (Å²) in [4.78, 5) is 23.9. The van der Waals surface area contributed by atoms with E-state index in [9.17, 15) is 4.79 Å². The Kier molecular flexibility index (Phi) is 4.75. The number of benzene rings is 1. The zero-order valence-electron chi connectivity index (χ0n) is 17.0. The molecule has 0 aliphatic carbocycles. The quantitative estimate of drug-likeness (QED) is 0.450. The lowest BCUT2D eigenvalue weighted by molar-refractivity contribution is 0.269. The van der Waals surface area contributed by atoms with Crippen molar-refractivity contribution >= 4 is 39.9 Å². The lowest BCUT2D eigenvalue weighted by Crippen LogP contribution is -2.31. The van der Waals surface area contributed by atoms with Crippen LogP contribution in [0, 0.1) is 0 Å². The van der Waals surface area contributed by atoms with Gasteiger partial charge in [0.1, 0.15) is 11.5 Å². The van der Waals surface area contributed by atoms with Crippen LogP contribution < -0.4 is 21.1 Å². The fourth-order valence-corrected chi connectivity index (χ4v) is 3.77. The Bertz CT molecular complexity index is 1310. The standard InChI is InChI=1S/C21H22N8O2/c1-27-18(31)7-6-15-19(27)25-21(24-14-12-23-28(13-14)10-11-30)26-20(15)29-9-8-22-16-4-2-3-5-17(16)29/h2-7,12-13,22,30H,8-11H2,1H3,(H,24,25,26). The molecule has 4 aromatic rings. The summed E-state index contributed by atoms with van der Waals surface area (Å²) in [7, 11) is 1.70. The highest BCUT2D eigenvalue weighted by Gasteiger charge is 2.22. The molecule has 0 unspecified atom stereocenters. The molecule has 0 radical (unpaired) electrons. The molecule has 0 saturated carbocycles. The number of aromatic nitrogens is 5. The number of aliphatic hydroxyl groups excluding tert-OH is 1. The smallest absolute Gasteiger partial charge is 0.251 e. The summed E-state index contributed by atoms with van der Waals surface area (Å²) in [6, 6.07) is 11.4. The highest BCUT2D eigenvalue weighted by Crippen LogP contribution is 2.36. The number of nitrogens with zero attached hydrogens (tertiary/aromatic N) is 6. The van der Waals surface area contributed by atoms with Gasteiger partial charge in [-0.3, -0.25) is 14.0 Å². The molecule has 0 amide bonds. The first-order valence-corrected chi connectivity index (χ1v) is 10.0. The van der Waals surface area contributed by atoms with Crippen LogP contribution >= 0.6 is 0 Å². The molecule has 3 aromatic heterocycles. The number of aryl methyl sites for hydroxylation is 1. The summed E-state index contributed by atoms with van der Waals surface area (Å²) < 4.78 is 3.15. The van der Waals surface area contributed by atoms with Crippen LogP contribution in [0.5, 0.6) is 0 Å². The zero-order chi connectivity index (χ0) is 21.4. The summed E-state index contributed by atoms with van der Waals surface area (Å²) in [5.74, 6) is 1.09. The molecule has 1 aliphatic rings. The summed E-state index contributed by atoms with van der Waals surface area (Å²) in [6.45, 7) is 1.89. The molecule has 5 rings (SSSR count). The van der Waals surface area contributed by atoms with Crippen molar-refractivity contribution in [2.75, 3.05) is 35.2 Å². The molecule has 0 atom stereocenters. The van der Waals surface area contributed by atoms with Crippen molar-refractivity contribution in [1.82, 2.24) is 24.3 Å². The van der Waals surface area contributed by atoms with Crippen molar-refractivity contribution in [2.45, 2.75) is 6.54 Å². The minimum Gasteiger partial charge on any atom is -0.394 e. The number of rotatable bonds is 5. The Morgan fingerprint density at radius 1 is 1.19 bits per heavy atom. The van der Waals surface area contributed by atoms with Gasteiger partial charge in [-0.2, -0.15) is 15.1 Å². The van der Waals surface area contributed by atoms with Crippen LogP contribution in [0.15, 0.2) is 53.6 Å². The van der Waals surface area contributed by atoms with Crippen LogP contribution in [0.1, 0.15) is 0 Å². The lowest BCUT2D eigenvalue weighted by Gasteiger charge is -2.32. The van der Waals surface area contributed by atoms with E-state index < -0.39 is 0 Å². The van der Waals surface area contributed by atoms with E-state index in [1.807, 2.05) is 24.3 Å². The van der Waals surface area contributed by atoms with Gasteiger partial charge in [0.05, 0.1) is 41.8 Å². The highest BCUT2D eigenvalue weighted by atomic mass is 16.3. The Balaban J connectivity index is 1.65. The van der Waals surface area contributed by atoms with Gasteiger partial charge >= 0.3 is 0 Å². The molecular weight excluding hydrogens is 396 g/mol. The fourth-order valence-electron chi connectivity index (χ4n) is 3.77. The van der Waals surface area contributed by atoms with E-state index >= 15 is 0 Å². The summed E-state index contributed by atoms with van der Waals surface area (Å²) in [5.41, 5.74) is 3.15. The second-order valence-corrected chi connectivity index (χ2v) is 7.27. The maximum absolute atomic E-state index is 12.3. The normalized spacial score (nSPS) is 13.2. The molecule has 1 aromatic carbocycles. The van der Waals surface area contributed by atoms with Gasteiger partial charge in [0.15, 0.2) is 0 Å². The predicted molar refractivity (Wildman–Crippen MR) is 119 cm³/mol. The molecule has 3 N–H and O–H groups in total. The highest BCUT2D eigenvalue weighted by molar-refractivity contribution is 5.93. The number of anilines is 5. The minimum absolute atomic E-state index is 0.00224. The van der Waals surface area contributed by atoms with Gasteiger partial charge in [-0.15, -0.1) is 0 Å². The van der Waals surface area contributed by atoms with E-state index in [2.05, 4.69) is 25.6 Å². The van der Waals surface area contributed by atoms with E-state index in [0.29, 0.717) is 23.8 Å². The van der Waals surface area contributed by atoms with Gasteiger partial charge in [0.25, 0.3) is 5.56 Å². The van der Waals surface area contributed by atoms with Crippen molar-refractivity contribution in [1.29, 1.82) is 0 Å². The molecule has 4 heterocycles. The SMILES string of the molecule is Cn1c(=O)ccc2c(N3CCNc4ccccc43)nc(Nc3cnn(CCO)c3)nc21. The molecule has 0 saturated heterocycles. The molecule has 31 heavy (non-hydrogen) atoms. The third-order valence-electron chi connectivity index (χ3n) is 5.27. The number of pyridine rings is 1. The van der Waals surface area contributed by atoms with Gasteiger partial charge in [-0.25, -0.2) is 0 Å². The molecule has 0 fully saturated rings. The summed E-state index contributed by atoms with van der Waals surface area (Å²) >= 11 is 0. The largest absolute Gasteiger partial charge is 0.394 e. The zero-order valence-corrected chi connectivity index (χ0v) is 17.0. The Morgan fingerprint density at radius 2 is 2.06 bits per heavy atom. The number of para-hydroxylation sites is 2. The van der Waals surface area contributed by atoms with Crippen molar-refractivity contribution in [3.8, 4) is 0 Å². The van der Waals surface area contributed by atoms with Crippen molar-refractivity contribution in [3.05, 3.63) is 59.1 Å². The van der Waals surface area contributed by atoms with E-state index in [1.54, 1.807) is 30.2 Å². The fraction of sp³-hybridized carbons (Fsp3) is 0.238. The van der Waals surface area contributed by atoms with Gasteiger partial charge in [0, 0.05) is 32.4 Å². The first-order valence-electron chi connectivity index (χ1n) is 10.0. The third-order valence-corrected chi connectivity index (χ3v) is 5.27. The number of aliphatic hydroxyl groups is 1. The topological polar surface area (TPSA) is 113 Å². The van der Waals surface area contributed by atoms with E-state index in [4.69, 9.17) is 10.1 Å². The summed E-state index contributed by atoms with van der Waals surface area (Å²) in [6.07, 6.45) is 3.42. The maximum atomic E-state index is 12.3. The Hall–Kier alpha value is -3.92. The molecule has 0 spiro atoms. The predicted octanol–water partition coefficient (Wildman–Crippen LogP) is 1.82. The van der Waals surface area contributed by atoms with Crippen molar-refractivity contribution in [2.24, 2.45) is 7.05 Å². The van der Waals surface area contributed by atoms with Crippen molar-refractivity contribution in [3.63, 3.8) is 0 Å². The molecule has 10 nitrogen and oxygen atoms in total. The van der Waals surface area contributed by atoms with Crippen LogP contribution in [0.3, 0.4) is 0 Å². The lowest BCUT2D eigenvalue weighted by atomic mass is 10.2. The van der Waals surface area contributed by atoms with E-state index in [1.165, 1.54) is 10.6 Å². The average Bonchev–Trinajstić information content (AvgIpc) is 3.23. The second-order valence-electron chi connectivity index (χ2n) is 7.27. The number of hydrogen-bond acceptors (Lipinski definition) is 8. The second kappa shape index (κ2) is 7.73. The number of hydrogen-bond donors (Lipinski definition) is 3. The molecular formula is C21H22N8O2. The average molecular weight is 418 g/mol. The van der Waals surface area contributed by atoms with Crippen LogP contribution in [0.2, 0.25) is 0 Å². The molecule has 158 valence electrons. The van der Waals surface area contributed by atoms with Crippen LogP contribution in [0.4, 0.5) is 28.8 Å². The maximum Gasteiger partial charge on any atom is 0.251 e. The van der Waals surface area contributed by atoms with Gasteiger partial charge in [-0.1, -0.05) is 12.1 Å². The third kappa shape index (κ3) is 3.46. The van der Waals surface area contributed by atoms with Gasteiger partial charge in [-0.05, 0) is 18.2 Å². The minimum atomic E-state index is -0.139. The van der Waals surface area contributed by atoms with Crippen molar-refractivity contribution < 1.29 is 5.11 Å². The van der Waals surface area contributed by atoms with Crippen LogP contribution in [-0.2, 0) is 13.6 Å². The van der Waals surface area contributed by atoms with Crippen LogP contribution in [0.25, 0.3) is 11.0 Å². The first-order chi connectivity index (χ1) is 15.1. The Labute approximate surface area is 177 Å². The van der Waals surface area contributed by atoms with Crippen LogP contribution in [-0.4, -0.2) is 49.1 Å². The molecule has 1 aliphatic heterocycles. The van der Waals surface area contributed by atoms with E-state index in [0.717, 1.165) is 35.7 Å². The monoisotopic (exact) mass is 418 g/mol. The molecule has 10 heteroatoms. The number of nitrogens with one attached hydrogen (secondary N) is 2. The van der Waals surface area contributed by atoms with Gasteiger partial charge in [0.2, 0.25) is 5.95 Å². The number of fused-ring (bicyclic) bond motifs is 2. The Morgan fingerprint density at radius 3 is 2.94 bits per heavy atom. The summed E-state index contributed by atoms with van der Waals surface area (Å²) in [5, 5.41) is 20.7. The molecule has 0 bridgehead atoms. The van der Waals surface area contributed by atoms with Gasteiger partial charge < -0.3 is 20.6 Å². The van der Waals surface area contributed by atoms with E-state index in [-0.39, 0.29) is 12.2 Å².